The highest BCUT2D eigenvalue weighted by Gasteiger charge is 2.44. The van der Waals surface area contributed by atoms with Crippen LogP contribution in [0, 0.1) is 18.2 Å². The van der Waals surface area contributed by atoms with E-state index in [1.165, 1.54) is 29.4 Å². The summed E-state index contributed by atoms with van der Waals surface area (Å²) in [6.07, 6.45) is 4.43. The number of β-amino-alcohol motifs (C(OH)–C–C–N with tert-alkyl or cyclic N) is 1. The van der Waals surface area contributed by atoms with Gasteiger partial charge in [0.05, 0.1) is 45.0 Å². The normalized spacial score (nSPS) is 18.0. The first-order chi connectivity index (χ1) is 36.4. The molecule has 3 aliphatic heterocycles. The third-order valence-electron chi connectivity index (χ3n) is 14.3. The first-order valence-electron chi connectivity index (χ1n) is 25.8. The molecule has 76 heavy (non-hydrogen) atoms. The van der Waals surface area contributed by atoms with Crippen molar-refractivity contribution in [3.8, 4) is 16.2 Å². The molecule has 2 aromatic heterocycles. The minimum Gasteiger partial charge on any atom is -0.491 e. The largest absolute Gasteiger partial charge is 0.491 e. The second-order valence-corrected chi connectivity index (χ2v) is 21.9. The number of hydrogen-bond acceptors (Lipinski definition) is 14. The standard InChI is InChI=1S/C55H67ClFN11O7S/c1-6-47(70)63-44-28-40-43(59-32-60-52(40)62-37-12-13-42(57)41(56)26-37)29-46(44)75-25-7-18-65-19-16-38(17-20-65)66-21-23-67(24-22-66)49(72)15-14-48(71)64-51(55(3,4)5)54(74)68-31-39(69)27-45(68)53(73)58-30-35-8-10-36(11-9-35)50-34(2)61-33-76-50/h6,8-13,26,28-29,32-33,38-39,45,51,69H,1,7,14-25,27,30-31H2,2-5H3,(H,58,73)(H,63,70)(H,64,71)(H,59,60,62)/t39-,45+,51-/m1/s1. The van der Waals surface area contributed by atoms with Gasteiger partial charge in [-0.1, -0.05) is 63.2 Å². The zero-order chi connectivity index (χ0) is 54.1. The SMILES string of the molecule is C=CC(=O)Nc1cc2c(Nc3ccc(F)c(Cl)c3)ncnc2cc1OCCCN1CCC(N2CCN(C(=O)CCC(=O)N[C@H](C(=O)N3C[C@H](O)C[C@H]3C(=O)NCc3ccc(-c4scnc4C)cc3)C(C)(C)C)CC2)CC1. The van der Waals surface area contributed by atoms with E-state index in [9.17, 15) is 33.5 Å². The molecule has 5 aromatic rings. The second kappa shape index (κ2) is 25.1. The highest BCUT2D eigenvalue weighted by Crippen LogP contribution is 2.35. The molecule has 0 aliphatic carbocycles. The third kappa shape index (κ3) is 14.1. The number of halogens is 2. The number of thiazole rings is 1. The molecule has 3 aromatic carbocycles. The maximum absolute atomic E-state index is 14.2. The number of hydrogen-bond donors (Lipinski definition) is 5. The lowest BCUT2D eigenvalue weighted by atomic mass is 9.85. The van der Waals surface area contributed by atoms with E-state index in [4.69, 9.17) is 16.3 Å². The van der Waals surface area contributed by atoms with Gasteiger partial charge in [0.1, 0.15) is 35.8 Å². The molecule has 8 rings (SSSR count). The fourth-order valence-corrected chi connectivity index (χ4v) is 11.0. The first-order valence-corrected chi connectivity index (χ1v) is 27.1. The third-order valence-corrected chi connectivity index (χ3v) is 15.5. The Hall–Kier alpha value is -6.58. The number of likely N-dealkylation sites (tertiary alicyclic amines) is 2. The Bertz CT molecular complexity index is 2900. The van der Waals surface area contributed by atoms with E-state index in [0.29, 0.717) is 59.6 Å². The summed E-state index contributed by atoms with van der Waals surface area (Å²) in [4.78, 5) is 89.2. The summed E-state index contributed by atoms with van der Waals surface area (Å²) in [6, 6.07) is 14.1. The number of ether oxygens (including phenoxy) is 1. The van der Waals surface area contributed by atoms with Crippen LogP contribution in [0.15, 0.2) is 79.1 Å². The van der Waals surface area contributed by atoms with Gasteiger partial charge in [-0.2, -0.15) is 0 Å². The van der Waals surface area contributed by atoms with Crippen LogP contribution in [0.3, 0.4) is 0 Å². The highest BCUT2D eigenvalue weighted by molar-refractivity contribution is 7.13. The van der Waals surface area contributed by atoms with Crippen molar-refractivity contribution >= 4 is 80.6 Å². The van der Waals surface area contributed by atoms with Crippen LogP contribution in [0.4, 0.5) is 21.6 Å². The maximum atomic E-state index is 14.2. The van der Waals surface area contributed by atoms with Gasteiger partial charge in [-0.3, -0.25) is 28.9 Å². The summed E-state index contributed by atoms with van der Waals surface area (Å²) in [7, 11) is 0. The summed E-state index contributed by atoms with van der Waals surface area (Å²) in [5, 5.41) is 23.0. The molecular weight excluding hydrogens is 1010 g/mol. The molecule has 5 heterocycles. The summed E-state index contributed by atoms with van der Waals surface area (Å²) >= 11 is 7.56. The number of piperazine rings is 1. The van der Waals surface area contributed by atoms with Crippen molar-refractivity contribution in [2.75, 3.05) is 69.6 Å². The molecule has 5 amide bonds. The topological polar surface area (TPSA) is 215 Å². The average molecular weight is 1080 g/mol. The van der Waals surface area contributed by atoms with Gasteiger partial charge in [-0.25, -0.2) is 19.3 Å². The van der Waals surface area contributed by atoms with Crippen molar-refractivity contribution in [3.63, 3.8) is 0 Å². The molecule has 21 heteroatoms. The van der Waals surface area contributed by atoms with Crippen LogP contribution in [0.2, 0.25) is 5.02 Å². The van der Waals surface area contributed by atoms with E-state index < -0.39 is 47.1 Å². The number of aliphatic hydroxyl groups excluding tert-OH is 1. The molecule has 0 unspecified atom stereocenters. The van der Waals surface area contributed by atoms with Crippen LogP contribution in [-0.2, 0) is 30.5 Å². The zero-order valence-electron chi connectivity index (χ0n) is 43.4. The maximum Gasteiger partial charge on any atom is 0.247 e. The summed E-state index contributed by atoms with van der Waals surface area (Å²) in [5.41, 5.74) is 5.49. The summed E-state index contributed by atoms with van der Waals surface area (Å²) in [6.45, 7) is 17.0. The number of aryl methyl sites for hydroxylation is 1. The molecule has 3 saturated heterocycles. The predicted octanol–water partition coefficient (Wildman–Crippen LogP) is 6.69. The number of carbonyl (C=O) groups excluding carboxylic acids is 5. The van der Waals surface area contributed by atoms with Gasteiger partial charge in [0, 0.05) is 88.3 Å². The quantitative estimate of drug-likeness (QED) is 0.0431. The Morgan fingerprint density at radius 2 is 1.72 bits per heavy atom. The first kappa shape index (κ1) is 55.6. The number of anilines is 3. The van der Waals surface area contributed by atoms with Crippen molar-refractivity contribution in [2.45, 2.75) is 97.0 Å². The van der Waals surface area contributed by atoms with Crippen LogP contribution >= 0.6 is 22.9 Å². The Morgan fingerprint density at radius 3 is 2.41 bits per heavy atom. The number of fused-ring (bicyclic) bond motifs is 1. The molecule has 0 radical (unpaired) electrons. The van der Waals surface area contributed by atoms with E-state index in [1.807, 2.05) is 62.4 Å². The van der Waals surface area contributed by atoms with Crippen LogP contribution in [0.25, 0.3) is 21.3 Å². The summed E-state index contributed by atoms with van der Waals surface area (Å²) in [5.74, 6) is -1.43. The molecule has 18 nitrogen and oxygen atoms in total. The van der Waals surface area contributed by atoms with Gasteiger partial charge in [0.15, 0.2) is 0 Å². The van der Waals surface area contributed by atoms with Crippen molar-refractivity contribution in [1.82, 2.24) is 45.2 Å². The molecule has 0 bridgehead atoms. The Kier molecular flexibility index (Phi) is 18.3. The van der Waals surface area contributed by atoms with E-state index in [-0.39, 0.29) is 49.2 Å². The Morgan fingerprint density at radius 1 is 0.974 bits per heavy atom. The van der Waals surface area contributed by atoms with E-state index in [0.717, 1.165) is 73.7 Å². The fourth-order valence-electron chi connectivity index (χ4n) is 10.0. The van der Waals surface area contributed by atoms with Gasteiger partial charge in [0.25, 0.3) is 0 Å². The molecule has 3 fully saturated rings. The predicted molar refractivity (Wildman–Crippen MR) is 292 cm³/mol. The number of rotatable bonds is 19. The number of piperidine rings is 1. The van der Waals surface area contributed by atoms with E-state index >= 15 is 0 Å². The number of amides is 5. The fraction of sp³-hybridized carbons (Fsp3) is 0.455. The number of aliphatic hydroxyl groups is 1. The summed E-state index contributed by atoms with van der Waals surface area (Å²) < 4.78 is 20.0. The minimum atomic E-state index is -0.990. The van der Waals surface area contributed by atoms with E-state index in [1.54, 1.807) is 29.5 Å². The lowest BCUT2D eigenvalue weighted by Crippen LogP contribution is -2.57. The molecule has 3 atom stereocenters. The molecule has 3 aliphatic rings. The highest BCUT2D eigenvalue weighted by atomic mass is 35.5. The smallest absolute Gasteiger partial charge is 0.247 e. The van der Waals surface area contributed by atoms with Crippen molar-refractivity contribution < 1.29 is 38.2 Å². The van der Waals surface area contributed by atoms with Crippen LogP contribution in [-0.4, -0.2) is 152 Å². The lowest BCUT2D eigenvalue weighted by Gasteiger charge is -2.42. The zero-order valence-corrected chi connectivity index (χ0v) is 45.0. The van der Waals surface area contributed by atoms with Gasteiger partial charge in [-0.05, 0) is 86.2 Å². The molecular formula is C55H67ClFN11O7S. The van der Waals surface area contributed by atoms with E-state index in [2.05, 4.69) is 52.6 Å². The molecule has 404 valence electrons. The van der Waals surface area contributed by atoms with Crippen LogP contribution in [0.5, 0.6) is 5.75 Å². The Labute approximate surface area is 451 Å². The van der Waals surface area contributed by atoms with Gasteiger partial charge >= 0.3 is 0 Å². The van der Waals surface area contributed by atoms with Crippen molar-refractivity contribution in [2.24, 2.45) is 5.41 Å². The Balaban J connectivity index is 0.748. The van der Waals surface area contributed by atoms with Crippen molar-refractivity contribution in [3.05, 3.63) is 101 Å². The average Bonchev–Trinajstić information content (AvgIpc) is 4.05. The van der Waals surface area contributed by atoms with Gasteiger partial charge < -0.3 is 45.8 Å². The molecule has 5 N–H and O–H groups in total. The lowest BCUT2D eigenvalue weighted by molar-refractivity contribution is -0.144. The number of carbonyl (C=O) groups is 5. The number of aromatic nitrogens is 3. The number of benzene rings is 3. The van der Waals surface area contributed by atoms with Gasteiger partial charge in [-0.15, -0.1) is 11.3 Å². The molecule has 0 spiro atoms. The van der Waals surface area contributed by atoms with Crippen molar-refractivity contribution in [1.29, 1.82) is 0 Å². The molecule has 0 saturated carbocycles. The van der Waals surface area contributed by atoms with Gasteiger partial charge in [0.2, 0.25) is 29.5 Å². The minimum absolute atomic E-state index is 0.00455. The monoisotopic (exact) mass is 1080 g/mol. The second-order valence-electron chi connectivity index (χ2n) is 20.7. The van der Waals surface area contributed by atoms with Crippen LogP contribution < -0.4 is 26.0 Å². The number of nitrogens with one attached hydrogen (secondary N) is 4. The van der Waals surface area contributed by atoms with Crippen LogP contribution in [0.1, 0.15) is 70.6 Å². The number of nitrogens with zero attached hydrogens (tertiary/aromatic N) is 7.